The Morgan fingerprint density at radius 1 is 0.808 bits per heavy atom. The van der Waals surface area contributed by atoms with Gasteiger partial charge in [-0.15, -0.1) is 0 Å². The summed E-state index contributed by atoms with van der Waals surface area (Å²) in [4.78, 5) is 47.0. The molecule has 1 aromatic rings. The van der Waals surface area contributed by atoms with Crippen LogP contribution in [0, 0.1) is 5.41 Å². The fraction of sp³-hybridized carbons (Fsp3) is 0.714. The number of alkyl halides is 1. The van der Waals surface area contributed by atoms with Crippen LogP contribution in [0.1, 0.15) is 64.0 Å². The lowest BCUT2D eigenvalue weighted by atomic mass is 9.97. The number of hydrogen-bond donors (Lipinski definition) is 6. The first kappa shape index (κ1) is 45.5. The molecule has 16 nitrogen and oxygen atoms in total. The zero-order valence-electron chi connectivity index (χ0n) is 30.2. The molecule has 0 aromatic heterocycles. The lowest BCUT2D eigenvalue weighted by molar-refractivity contribution is -0.271. The second kappa shape index (κ2) is 24.6. The van der Waals surface area contributed by atoms with Crippen molar-refractivity contribution in [2.75, 3.05) is 57.2 Å². The van der Waals surface area contributed by atoms with Crippen molar-refractivity contribution >= 4 is 46.3 Å². The predicted octanol–water partition coefficient (Wildman–Crippen LogP) is 1.26. The lowest BCUT2D eigenvalue weighted by Crippen LogP contribution is -2.61. The highest BCUT2D eigenvalue weighted by Gasteiger charge is 2.48. The average molecular weight is 855 g/mol. The van der Waals surface area contributed by atoms with Crippen LogP contribution in [0.5, 0.6) is 5.75 Å². The molecule has 1 fully saturated rings. The molecule has 5 atom stereocenters. The van der Waals surface area contributed by atoms with E-state index in [9.17, 15) is 39.6 Å². The van der Waals surface area contributed by atoms with Gasteiger partial charge in [-0.25, -0.2) is 4.79 Å². The number of carbonyl (C=O) groups excluding carboxylic acids is 3. The van der Waals surface area contributed by atoms with Crippen molar-refractivity contribution in [3.63, 3.8) is 0 Å². The Morgan fingerprint density at radius 3 is 2.12 bits per heavy atom. The number of aliphatic carboxylic acids is 1. The number of aryl methyl sites for hydroxylation is 1. The number of aliphatic hydroxyl groups is 3. The van der Waals surface area contributed by atoms with E-state index in [1.807, 2.05) is 22.6 Å². The second-order valence-corrected chi connectivity index (χ2v) is 14.0. The molecule has 1 unspecified atom stereocenters. The molecule has 2 rings (SSSR count). The van der Waals surface area contributed by atoms with Crippen molar-refractivity contribution in [3.8, 4) is 5.75 Å². The first-order chi connectivity index (χ1) is 24.7. The lowest BCUT2D eigenvalue weighted by Gasteiger charge is -2.38. The van der Waals surface area contributed by atoms with E-state index in [2.05, 4.69) is 10.6 Å². The van der Waals surface area contributed by atoms with Crippen molar-refractivity contribution < 1.29 is 68.0 Å². The monoisotopic (exact) mass is 854 g/mol. The molecule has 0 radical (unpaired) electrons. The quantitative estimate of drug-likeness (QED) is 0.0353. The first-order valence-corrected chi connectivity index (χ1v) is 19.0. The van der Waals surface area contributed by atoms with Crippen molar-refractivity contribution in [1.29, 1.82) is 0 Å². The number of ether oxygens (including phenoxy) is 6. The molecule has 1 aromatic carbocycles. The summed E-state index contributed by atoms with van der Waals surface area (Å²) in [6.07, 6.45) is -4.65. The van der Waals surface area contributed by atoms with Gasteiger partial charge in [0, 0.05) is 31.7 Å². The molecule has 0 aliphatic carbocycles. The van der Waals surface area contributed by atoms with Crippen molar-refractivity contribution in [2.45, 2.75) is 96.6 Å². The van der Waals surface area contributed by atoms with Crippen LogP contribution in [0.15, 0.2) is 18.2 Å². The normalized spacial score (nSPS) is 20.2. The zero-order valence-corrected chi connectivity index (χ0v) is 32.3. The predicted molar refractivity (Wildman–Crippen MR) is 195 cm³/mol. The molecule has 1 saturated heterocycles. The summed E-state index contributed by atoms with van der Waals surface area (Å²) in [5.41, 5.74) is 0.542. The van der Waals surface area contributed by atoms with E-state index in [4.69, 9.17) is 28.4 Å². The second-order valence-electron chi connectivity index (χ2n) is 13.2. The van der Waals surface area contributed by atoms with E-state index in [0.717, 1.165) is 24.8 Å². The summed E-state index contributed by atoms with van der Waals surface area (Å²) in [7, 11) is 0. The number of carboxylic acid groups (broad SMARTS) is 1. The Morgan fingerprint density at radius 2 is 1.46 bits per heavy atom. The molecule has 1 aliphatic rings. The molecule has 0 spiro atoms. The van der Waals surface area contributed by atoms with Crippen molar-refractivity contribution in [1.82, 2.24) is 10.6 Å². The number of halogens is 1. The summed E-state index contributed by atoms with van der Waals surface area (Å²) in [6.45, 7) is 8.42. The fourth-order valence-electron chi connectivity index (χ4n) is 4.78. The molecule has 17 heteroatoms. The van der Waals surface area contributed by atoms with E-state index in [0.29, 0.717) is 82.0 Å². The summed E-state index contributed by atoms with van der Waals surface area (Å²) >= 11 is 2.02. The van der Waals surface area contributed by atoms with Gasteiger partial charge in [-0.05, 0) is 64.2 Å². The first-order valence-electron chi connectivity index (χ1n) is 17.4. The third-order valence-corrected chi connectivity index (χ3v) is 8.44. The number of aliphatic hydroxyl groups excluding tert-OH is 3. The molecule has 296 valence electrons. The third kappa shape index (κ3) is 17.5. The van der Waals surface area contributed by atoms with E-state index in [1.54, 1.807) is 39.0 Å². The van der Waals surface area contributed by atoms with Gasteiger partial charge in [0.25, 0.3) is 0 Å². The molecule has 0 bridgehead atoms. The van der Waals surface area contributed by atoms with Crippen LogP contribution >= 0.6 is 22.6 Å². The van der Waals surface area contributed by atoms with Gasteiger partial charge in [0.1, 0.15) is 30.7 Å². The highest BCUT2D eigenvalue weighted by molar-refractivity contribution is 14.1. The minimum Gasteiger partial charge on any atom is -0.479 e. The summed E-state index contributed by atoms with van der Waals surface area (Å²) in [5, 5.41) is 45.5. The Balaban J connectivity index is 1.66. The number of nitrogens with one attached hydrogen (secondary N) is 2. The smallest absolute Gasteiger partial charge is 0.335 e. The van der Waals surface area contributed by atoms with Gasteiger partial charge in [0.2, 0.25) is 18.1 Å². The van der Waals surface area contributed by atoms with Gasteiger partial charge in [-0.3, -0.25) is 14.4 Å². The summed E-state index contributed by atoms with van der Waals surface area (Å²) in [5.74, 6) is -1.84. The van der Waals surface area contributed by atoms with Crippen LogP contribution in [0.4, 0.5) is 0 Å². The number of esters is 1. The minimum atomic E-state index is -1.86. The van der Waals surface area contributed by atoms with Crippen LogP contribution in [-0.2, 0) is 55.9 Å². The maximum atomic E-state index is 12.5. The maximum Gasteiger partial charge on any atom is 0.335 e. The topological polar surface area (TPSA) is 229 Å². The Kier molecular flexibility index (Phi) is 21.5. The highest BCUT2D eigenvalue weighted by atomic mass is 127. The SMILES string of the molecule is CC(C)(C)C(=O)OCc1cc(CCCOCCOCCOCCNC(=O)CCCCCNC(=O)CI)ccc1OC1O[C@H](C(=O)O)[C@@H](O)[C@H](O)[C@H]1O. The highest BCUT2D eigenvalue weighted by Crippen LogP contribution is 2.29. The number of hydrogen-bond acceptors (Lipinski definition) is 13. The van der Waals surface area contributed by atoms with E-state index >= 15 is 0 Å². The number of benzene rings is 1. The van der Waals surface area contributed by atoms with Crippen LogP contribution < -0.4 is 15.4 Å². The molecule has 0 saturated carbocycles. The Labute approximate surface area is 318 Å². The average Bonchev–Trinajstić information content (AvgIpc) is 3.10. The molecule has 52 heavy (non-hydrogen) atoms. The fourth-order valence-corrected chi connectivity index (χ4v) is 5.05. The molecule has 2 amide bonds. The van der Waals surface area contributed by atoms with Crippen LogP contribution in [-0.4, -0.2) is 132 Å². The van der Waals surface area contributed by atoms with E-state index in [-0.39, 0.29) is 24.2 Å². The van der Waals surface area contributed by atoms with Crippen LogP contribution in [0.3, 0.4) is 0 Å². The van der Waals surface area contributed by atoms with E-state index in [1.165, 1.54) is 0 Å². The van der Waals surface area contributed by atoms with Gasteiger partial charge >= 0.3 is 11.9 Å². The molecule has 1 aliphatic heterocycles. The molecule has 1 heterocycles. The number of rotatable bonds is 25. The standard InChI is InChI=1S/C35H55IN2O14/c1-35(2,3)34(46)50-22-24-20-23(10-11-25(24)51-33-30(43)28(41)29(42)31(52-33)32(44)45)8-7-14-47-16-18-49-19-17-48-15-13-38-26(39)9-5-4-6-12-37-27(40)21-36/h10-11,20,28-31,33,41-43H,4-9,12-19,21-22H2,1-3H3,(H,37,40)(H,38,39)(H,44,45)/t28-,29-,30+,31-,33?/m0/s1. The molecule has 6 N–H and O–H groups in total. The largest absolute Gasteiger partial charge is 0.479 e. The third-order valence-electron chi connectivity index (χ3n) is 7.74. The molecular weight excluding hydrogens is 799 g/mol. The number of amides is 2. The van der Waals surface area contributed by atoms with Gasteiger partial charge in [0.05, 0.1) is 42.9 Å². The Bertz CT molecular complexity index is 1250. The van der Waals surface area contributed by atoms with Gasteiger partial charge in [0.15, 0.2) is 6.10 Å². The van der Waals surface area contributed by atoms with Crippen LogP contribution in [0.2, 0.25) is 0 Å². The number of carbonyl (C=O) groups is 4. The number of carboxylic acids is 1. The summed E-state index contributed by atoms with van der Waals surface area (Å²) in [6, 6.07) is 5.09. The van der Waals surface area contributed by atoms with Crippen LogP contribution in [0.25, 0.3) is 0 Å². The van der Waals surface area contributed by atoms with Gasteiger partial charge < -0.3 is 59.5 Å². The van der Waals surface area contributed by atoms with Crippen molar-refractivity contribution in [2.24, 2.45) is 5.41 Å². The Hall–Kier alpha value is -2.65. The van der Waals surface area contributed by atoms with Gasteiger partial charge in [-0.2, -0.15) is 0 Å². The number of unbranched alkanes of at least 4 members (excludes halogenated alkanes) is 2. The van der Waals surface area contributed by atoms with Gasteiger partial charge in [-0.1, -0.05) is 35.1 Å². The van der Waals surface area contributed by atoms with E-state index < -0.39 is 48.1 Å². The minimum absolute atomic E-state index is 0.0205. The molecular formula is C35H55IN2O14. The van der Waals surface area contributed by atoms with Crippen molar-refractivity contribution in [3.05, 3.63) is 29.3 Å². The zero-order chi connectivity index (χ0) is 38.5. The maximum absolute atomic E-state index is 12.5. The summed E-state index contributed by atoms with van der Waals surface area (Å²) < 4.78 is 33.6.